The number of hydrogen-bond acceptors (Lipinski definition) is 3. The van der Waals surface area contributed by atoms with Crippen molar-refractivity contribution >= 4 is 18.3 Å². The van der Waals surface area contributed by atoms with Crippen LogP contribution in [0.15, 0.2) is 30.3 Å². The number of carbonyl (C=O) groups is 1. The molecule has 0 radical (unpaired) electrons. The highest BCUT2D eigenvalue weighted by molar-refractivity contribution is 5.85. The smallest absolute Gasteiger partial charge is 0.223 e. The monoisotopic (exact) mass is 378 g/mol. The van der Waals surface area contributed by atoms with Gasteiger partial charge in [0.2, 0.25) is 5.91 Å². The van der Waals surface area contributed by atoms with E-state index in [9.17, 15) is 9.90 Å². The van der Waals surface area contributed by atoms with Gasteiger partial charge in [-0.05, 0) is 56.4 Å². The molecule has 4 unspecified atom stereocenters. The van der Waals surface area contributed by atoms with Crippen LogP contribution in [0, 0.1) is 5.92 Å². The molecule has 3 saturated heterocycles. The average Bonchev–Trinajstić information content (AvgIpc) is 3.22. The normalized spacial score (nSPS) is 31.5. The van der Waals surface area contributed by atoms with Gasteiger partial charge in [-0.2, -0.15) is 0 Å². The molecule has 4 atom stereocenters. The second-order valence-electron chi connectivity index (χ2n) is 8.22. The first-order chi connectivity index (χ1) is 12.2. The zero-order valence-electron chi connectivity index (χ0n) is 15.3. The van der Waals surface area contributed by atoms with Crippen molar-refractivity contribution in [3.05, 3.63) is 35.9 Å². The molecule has 3 aliphatic heterocycles. The third kappa shape index (κ3) is 4.41. The predicted molar refractivity (Wildman–Crippen MR) is 105 cm³/mol. The Kier molecular flexibility index (Phi) is 6.60. The maximum Gasteiger partial charge on any atom is 0.223 e. The summed E-state index contributed by atoms with van der Waals surface area (Å²) in [6.07, 6.45) is 7.85. The Bertz CT molecular complexity index is 585. The number of aliphatic hydroxyl groups is 1. The number of amides is 1. The lowest BCUT2D eigenvalue weighted by molar-refractivity contribution is -0.133. The van der Waals surface area contributed by atoms with Crippen molar-refractivity contribution in [1.82, 2.24) is 10.2 Å². The van der Waals surface area contributed by atoms with Gasteiger partial charge in [0, 0.05) is 31.1 Å². The highest BCUT2D eigenvalue weighted by Crippen LogP contribution is 2.34. The molecular weight excluding hydrogens is 348 g/mol. The predicted octanol–water partition coefficient (Wildman–Crippen LogP) is 3.44. The van der Waals surface area contributed by atoms with Crippen LogP contribution >= 0.6 is 12.4 Å². The van der Waals surface area contributed by atoms with Gasteiger partial charge >= 0.3 is 0 Å². The van der Waals surface area contributed by atoms with Crippen LogP contribution in [0.1, 0.15) is 63.0 Å². The fourth-order valence-corrected chi connectivity index (χ4v) is 5.18. The number of likely N-dealkylation sites (tertiary alicyclic amines) is 1. The molecule has 26 heavy (non-hydrogen) atoms. The van der Waals surface area contributed by atoms with Crippen LogP contribution in [0.5, 0.6) is 0 Å². The van der Waals surface area contributed by atoms with E-state index in [4.69, 9.17) is 0 Å². The Morgan fingerprint density at radius 1 is 1.15 bits per heavy atom. The zero-order chi connectivity index (χ0) is 17.2. The molecule has 2 N–H and O–H groups in total. The number of carbonyl (C=O) groups excluding carboxylic acids is 1. The molecule has 3 fully saturated rings. The number of nitrogens with zero attached hydrogens (tertiary/aromatic N) is 1. The highest BCUT2D eigenvalue weighted by atomic mass is 35.5. The van der Waals surface area contributed by atoms with Crippen LogP contribution in [0.2, 0.25) is 0 Å². The Morgan fingerprint density at radius 3 is 2.54 bits per heavy atom. The van der Waals surface area contributed by atoms with Crippen LogP contribution in [-0.2, 0) is 4.79 Å². The molecule has 1 amide bonds. The van der Waals surface area contributed by atoms with E-state index in [-0.39, 0.29) is 18.4 Å². The number of aliphatic hydroxyl groups excluding tert-OH is 1. The molecule has 0 aliphatic carbocycles. The van der Waals surface area contributed by atoms with Crippen LogP contribution in [0.25, 0.3) is 0 Å². The maximum atomic E-state index is 12.9. The molecule has 0 spiro atoms. The van der Waals surface area contributed by atoms with Gasteiger partial charge in [-0.25, -0.2) is 0 Å². The number of hydrogen-bond donors (Lipinski definition) is 2. The van der Waals surface area contributed by atoms with Crippen LogP contribution in [0.3, 0.4) is 0 Å². The van der Waals surface area contributed by atoms with E-state index in [1.54, 1.807) is 0 Å². The Balaban J connectivity index is 0.00000196. The Morgan fingerprint density at radius 2 is 1.85 bits per heavy atom. The summed E-state index contributed by atoms with van der Waals surface area (Å²) in [5, 5.41) is 14.2. The quantitative estimate of drug-likeness (QED) is 0.825. The van der Waals surface area contributed by atoms with Crippen molar-refractivity contribution < 1.29 is 9.90 Å². The number of piperidine rings is 1. The van der Waals surface area contributed by atoms with Crippen LogP contribution in [-0.4, -0.2) is 40.6 Å². The van der Waals surface area contributed by atoms with Crippen molar-refractivity contribution in [2.24, 2.45) is 5.92 Å². The van der Waals surface area contributed by atoms with Gasteiger partial charge in [0.25, 0.3) is 0 Å². The second-order valence-corrected chi connectivity index (χ2v) is 8.22. The molecule has 1 aromatic rings. The second kappa shape index (κ2) is 8.73. The standard InChI is InChI=1S/C21H30N2O2.ClH/c24-20(16-5-2-1-3-6-16)14-19-7-4-10-23(19)21(25)13-15-11-17-8-9-18(12-15)22-17;/h1-3,5-6,15,17-20,22,24H,4,7-14H2;1H. The fraction of sp³-hybridized carbons (Fsp3) is 0.667. The van der Waals surface area contributed by atoms with Gasteiger partial charge in [-0.1, -0.05) is 30.3 Å². The van der Waals surface area contributed by atoms with Crippen LogP contribution < -0.4 is 5.32 Å². The fourth-order valence-electron chi connectivity index (χ4n) is 5.18. The SMILES string of the molecule is Cl.O=C(CC1CC2CCC(C1)N2)N1CCCC1CC(O)c1ccccc1. The van der Waals surface area contributed by atoms with Crippen molar-refractivity contribution in [2.45, 2.75) is 75.6 Å². The van der Waals surface area contributed by atoms with E-state index in [1.165, 1.54) is 12.8 Å². The third-order valence-corrected chi connectivity index (χ3v) is 6.41. The molecule has 5 heteroatoms. The van der Waals surface area contributed by atoms with E-state index < -0.39 is 6.10 Å². The Hall–Kier alpha value is -1.10. The van der Waals surface area contributed by atoms with E-state index in [0.29, 0.717) is 36.8 Å². The number of benzene rings is 1. The molecule has 0 saturated carbocycles. The van der Waals surface area contributed by atoms with E-state index in [0.717, 1.165) is 37.8 Å². The van der Waals surface area contributed by atoms with Crippen molar-refractivity contribution in [2.75, 3.05) is 6.54 Å². The van der Waals surface area contributed by atoms with E-state index >= 15 is 0 Å². The first kappa shape index (κ1) is 19.7. The summed E-state index contributed by atoms with van der Waals surface area (Å²) in [7, 11) is 0. The molecular formula is C21H31ClN2O2. The third-order valence-electron chi connectivity index (χ3n) is 6.41. The van der Waals surface area contributed by atoms with Gasteiger partial charge in [-0.3, -0.25) is 4.79 Å². The average molecular weight is 379 g/mol. The maximum absolute atomic E-state index is 12.9. The summed E-state index contributed by atoms with van der Waals surface area (Å²) in [5.74, 6) is 0.862. The Labute approximate surface area is 162 Å². The minimum atomic E-state index is -0.477. The van der Waals surface area contributed by atoms with Crippen LogP contribution in [0.4, 0.5) is 0 Å². The van der Waals surface area contributed by atoms with Gasteiger partial charge in [0.15, 0.2) is 0 Å². The van der Waals surface area contributed by atoms with Crippen molar-refractivity contribution in [3.63, 3.8) is 0 Å². The molecule has 144 valence electrons. The lowest BCUT2D eigenvalue weighted by atomic mass is 9.89. The number of fused-ring (bicyclic) bond motifs is 2. The zero-order valence-corrected chi connectivity index (χ0v) is 16.2. The van der Waals surface area contributed by atoms with Gasteiger partial charge in [0.05, 0.1) is 6.10 Å². The molecule has 3 heterocycles. The molecule has 3 aliphatic rings. The van der Waals surface area contributed by atoms with Crippen molar-refractivity contribution in [1.29, 1.82) is 0 Å². The number of nitrogens with one attached hydrogen (secondary N) is 1. The molecule has 0 aromatic heterocycles. The summed E-state index contributed by atoms with van der Waals surface area (Å²) >= 11 is 0. The topological polar surface area (TPSA) is 52.6 Å². The number of halogens is 1. The molecule has 4 nitrogen and oxygen atoms in total. The summed E-state index contributed by atoms with van der Waals surface area (Å²) in [4.78, 5) is 15.0. The summed E-state index contributed by atoms with van der Waals surface area (Å²) < 4.78 is 0. The van der Waals surface area contributed by atoms with E-state index in [1.807, 2.05) is 30.3 Å². The highest BCUT2D eigenvalue weighted by Gasteiger charge is 2.36. The van der Waals surface area contributed by atoms with Gasteiger partial charge < -0.3 is 15.3 Å². The summed E-state index contributed by atoms with van der Waals surface area (Å²) in [5.41, 5.74) is 0.955. The van der Waals surface area contributed by atoms with Crippen molar-refractivity contribution in [3.8, 4) is 0 Å². The first-order valence-electron chi connectivity index (χ1n) is 9.97. The van der Waals surface area contributed by atoms with Gasteiger partial charge in [-0.15, -0.1) is 12.4 Å². The summed E-state index contributed by atoms with van der Waals surface area (Å²) in [6, 6.07) is 11.3. The molecule has 4 rings (SSSR count). The molecule has 2 bridgehead atoms. The number of rotatable bonds is 5. The lowest BCUT2D eigenvalue weighted by Gasteiger charge is -2.32. The molecule has 1 aromatic carbocycles. The lowest BCUT2D eigenvalue weighted by Crippen LogP contribution is -2.42. The first-order valence-corrected chi connectivity index (χ1v) is 9.97. The van der Waals surface area contributed by atoms with Gasteiger partial charge in [0.1, 0.15) is 0 Å². The summed E-state index contributed by atoms with van der Waals surface area (Å²) in [6.45, 7) is 0.864. The largest absolute Gasteiger partial charge is 0.388 e. The minimum Gasteiger partial charge on any atom is -0.388 e. The van der Waals surface area contributed by atoms with E-state index in [2.05, 4.69) is 10.2 Å². The minimum absolute atomic E-state index is 0.